The summed E-state index contributed by atoms with van der Waals surface area (Å²) in [6.07, 6.45) is -5.79. The molecule has 1 heterocycles. The summed E-state index contributed by atoms with van der Waals surface area (Å²) >= 11 is 0. The summed E-state index contributed by atoms with van der Waals surface area (Å²) in [4.78, 5) is 10.5. The maximum Gasteiger partial charge on any atom is 0.292 e. The molecule has 0 bridgehead atoms. The van der Waals surface area contributed by atoms with Crippen molar-refractivity contribution in [1.82, 2.24) is 0 Å². The Morgan fingerprint density at radius 2 is 1.90 bits per heavy atom. The van der Waals surface area contributed by atoms with E-state index in [1.165, 1.54) is 19.1 Å². The molecule has 1 aliphatic rings. The normalized spacial score (nSPS) is 32.7. The number of anilines is 1. The number of hydrogen-bond donors (Lipinski definition) is 4. The standard InChI is InChI=1S/C13H18N2O6/c1-6-3-4-8(9(5-6)15(19)20)14-13-12(18)11(17)10(16)7(2)21-13/h3-5,7,10-14,16-18H,1-2H3/t7-,10-,11+,12+,13+/m0/s1. The Labute approximate surface area is 121 Å². The van der Waals surface area contributed by atoms with Crippen molar-refractivity contribution in [3.05, 3.63) is 33.9 Å². The van der Waals surface area contributed by atoms with Crippen LogP contribution in [0.5, 0.6) is 0 Å². The van der Waals surface area contributed by atoms with Crippen molar-refractivity contribution in [2.24, 2.45) is 0 Å². The molecule has 8 nitrogen and oxygen atoms in total. The fourth-order valence-corrected chi connectivity index (χ4v) is 2.24. The van der Waals surface area contributed by atoms with Crippen molar-refractivity contribution in [3.8, 4) is 0 Å². The van der Waals surface area contributed by atoms with E-state index in [-0.39, 0.29) is 11.4 Å². The number of aliphatic hydroxyl groups excluding tert-OH is 3. The molecular formula is C13H18N2O6. The van der Waals surface area contributed by atoms with Crippen LogP contribution in [-0.4, -0.2) is 50.9 Å². The average Bonchev–Trinajstić information content (AvgIpc) is 2.44. The molecule has 0 spiro atoms. The van der Waals surface area contributed by atoms with E-state index in [1.807, 2.05) is 0 Å². The lowest BCUT2D eigenvalue weighted by Gasteiger charge is -2.39. The van der Waals surface area contributed by atoms with Gasteiger partial charge in [0.25, 0.3) is 5.69 Å². The van der Waals surface area contributed by atoms with Gasteiger partial charge in [0, 0.05) is 6.07 Å². The summed E-state index contributed by atoms with van der Waals surface area (Å²) in [7, 11) is 0. The van der Waals surface area contributed by atoms with Gasteiger partial charge in [0.05, 0.1) is 11.0 Å². The Morgan fingerprint density at radius 1 is 1.24 bits per heavy atom. The quantitative estimate of drug-likeness (QED) is 0.462. The number of benzene rings is 1. The Hall–Kier alpha value is -1.74. The monoisotopic (exact) mass is 298 g/mol. The third-order valence-corrected chi connectivity index (χ3v) is 3.50. The first-order chi connectivity index (χ1) is 9.81. The van der Waals surface area contributed by atoms with Crippen LogP contribution < -0.4 is 5.32 Å². The van der Waals surface area contributed by atoms with Crippen LogP contribution in [0, 0.1) is 17.0 Å². The van der Waals surface area contributed by atoms with Crippen LogP contribution in [0.15, 0.2) is 18.2 Å². The minimum absolute atomic E-state index is 0.154. The van der Waals surface area contributed by atoms with Gasteiger partial charge in [0.1, 0.15) is 24.0 Å². The predicted molar refractivity (Wildman–Crippen MR) is 73.8 cm³/mol. The molecule has 1 saturated heterocycles. The molecule has 0 aliphatic carbocycles. The van der Waals surface area contributed by atoms with E-state index in [0.717, 1.165) is 5.56 Å². The first kappa shape index (κ1) is 15.6. The highest BCUT2D eigenvalue weighted by Crippen LogP contribution is 2.29. The maximum absolute atomic E-state index is 11.1. The number of nitro benzene ring substituents is 1. The largest absolute Gasteiger partial charge is 0.388 e. The lowest BCUT2D eigenvalue weighted by Crippen LogP contribution is -2.58. The van der Waals surface area contributed by atoms with E-state index < -0.39 is 35.6 Å². The van der Waals surface area contributed by atoms with Crippen LogP contribution in [0.4, 0.5) is 11.4 Å². The average molecular weight is 298 g/mol. The third-order valence-electron chi connectivity index (χ3n) is 3.50. The topological polar surface area (TPSA) is 125 Å². The van der Waals surface area contributed by atoms with Gasteiger partial charge >= 0.3 is 0 Å². The summed E-state index contributed by atoms with van der Waals surface area (Å²) in [5.74, 6) is 0. The number of rotatable bonds is 3. The van der Waals surface area contributed by atoms with Crippen molar-refractivity contribution < 1.29 is 25.0 Å². The van der Waals surface area contributed by atoms with Gasteiger partial charge in [-0.3, -0.25) is 10.1 Å². The zero-order valence-electron chi connectivity index (χ0n) is 11.6. The van der Waals surface area contributed by atoms with Gasteiger partial charge < -0.3 is 25.4 Å². The van der Waals surface area contributed by atoms with Gasteiger partial charge in [-0.15, -0.1) is 0 Å². The van der Waals surface area contributed by atoms with Crippen LogP contribution in [-0.2, 0) is 4.74 Å². The van der Waals surface area contributed by atoms with Gasteiger partial charge in [0.2, 0.25) is 0 Å². The molecule has 0 saturated carbocycles. The van der Waals surface area contributed by atoms with E-state index in [1.54, 1.807) is 13.0 Å². The molecule has 0 unspecified atom stereocenters. The van der Waals surface area contributed by atoms with Crippen molar-refractivity contribution in [2.45, 2.75) is 44.5 Å². The van der Waals surface area contributed by atoms with Gasteiger partial charge in [-0.05, 0) is 25.5 Å². The Morgan fingerprint density at radius 3 is 2.52 bits per heavy atom. The second-order valence-electron chi connectivity index (χ2n) is 5.16. The second kappa shape index (κ2) is 5.94. The van der Waals surface area contributed by atoms with E-state index in [0.29, 0.717) is 0 Å². The van der Waals surface area contributed by atoms with E-state index in [2.05, 4.69) is 5.32 Å². The van der Waals surface area contributed by atoms with Gasteiger partial charge in [-0.2, -0.15) is 0 Å². The van der Waals surface area contributed by atoms with Crippen molar-refractivity contribution >= 4 is 11.4 Å². The first-order valence-corrected chi connectivity index (χ1v) is 6.52. The summed E-state index contributed by atoms with van der Waals surface area (Å²) in [6.45, 7) is 3.27. The van der Waals surface area contributed by atoms with Crippen LogP contribution in [0.1, 0.15) is 12.5 Å². The second-order valence-corrected chi connectivity index (χ2v) is 5.16. The molecule has 0 aromatic heterocycles. The molecule has 1 aliphatic heterocycles. The molecule has 116 valence electrons. The zero-order chi connectivity index (χ0) is 15.7. The van der Waals surface area contributed by atoms with Crippen molar-refractivity contribution in [2.75, 3.05) is 5.32 Å². The van der Waals surface area contributed by atoms with E-state index >= 15 is 0 Å². The van der Waals surface area contributed by atoms with Crippen LogP contribution in [0.25, 0.3) is 0 Å². The zero-order valence-corrected chi connectivity index (χ0v) is 11.6. The molecule has 1 fully saturated rings. The summed E-state index contributed by atoms with van der Waals surface area (Å²) in [5, 5.41) is 43.0. The van der Waals surface area contributed by atoms with Crippen molar-refractivity contribution in [3.63, 3.8) is 0 Å². The fourth-order valence-electron chi connectivity index (χ4n) is 2.24. The Balaban J connectivity index is 2.24. The maximum atomic E-state index is 11.1. The highest BCUT2D eigenvalue weighted by atomic mass is 16.6. The van der Waals surface area contributed by atoms with Crippen LogP contribution >= 0.6 is 0 Å². The van der Waals surface area contributed by atoms with Crippen molar-refractivity contribution in [1.29, 1.82) is 0 Å². The molecule has 0 amide bonds. The number of hydrogen-bond acceptors (Lipinski definition) is 7. The lowest BCUT2D eigenvalue weighted by molar-refractivity contribution is -0.384. The third kappa shape index (κ3) is 3.13. The van der Waals surface area contributed by atoms with Gasteiger partial charge in [0.15, 0.2) is 6.23 Å². The van der Waals surface area contributed by atoms with E-state index in [4.69, 9.17) is 4.74 Å². The van der Waals surface area contributed by atoms with Crippen LogP contribution in [0.3, 0.4) is 0 Å². The highest BCUT2D eigenvalue weighted by molar-refractivity contribution is 5.62. The fraction of sp³-hybridized carbons (Fsp3) is 0.538. The molecule has 1 aromatic rings. The van der Waals surface area contributed by atoms with Gasteiger partial charge in [-0.25, -0.2) is 0 Å². The molecule has 5 atom stereocenters. The van der Waals surface area contributed by atoms with E-state index in [9.17, 15) is 25.4 Å². The molecular weight excluding hydrogens is 280 g/mol. The number of nitrogens with zero attached hydrogens (tertiary/aromatic N) is 1. The number of nitro groups is 1. The number of aliphatic hydroxyl groups is 3. The number of nitrogens with one attached hydrogen (secondary N) is 1. The lowest BCUT2D eigenvalue weighted by atomic mass is 9.99. The molecule has 1 aromatic carbocycles. The van der Waals surface area contributed by atoms with Gasteiger partial charge in [-0.1, -0.05) is 6.07 Å². The molecule has 8 heteroatoms. The SMILES string of the molecule is Cc1ccc(N[C@@H]2O[C@@H](C)[C@H](O)[C@@H](O)[C@H]2O)c([N+](=O)[O-])c1. The minimum Gasteiger partial charge on any atom is -0.388 e. The molecule has 4 N–H and O–H groups in total. The predicted octanol–water partition coefficient (Wildman–Crippen LogP) is 0.143. The summed E-state index contributed by atoms with van der Waals surface area (Å²) in [6, 6.07) is 4.58. The van der Waals surface area contributed by atoms with Crippen LogP contribution in [0.2, 0.25) is 0 Å². The smallest absolute Gasteiger partial charge is 0.292 e. The first-order valence-electron chi connectivity index (χ1n) is 6.52. The molecule has 2 rings (SSSR count). The Bertz CT molecular complexity index is 537. The highest BCUT2D eigenvalue weighted by Gasteiger charge is 2.42. The Kier molecular flexibility index (Phi) is 4.43. The molecule has 0 radical (unpaired) electrons. The summed E-state index contributed by atoms with van der Waals surface area (Å²) in [5.41, 5.74) is 0.741. The summed E-state index contributed by atoms with van der Waals surface area (Å²) < 4.78 is 5.36. The molecule has 21 heavy (non-hydrogen) atoms. The number of ether oxygens (including phenoxy) is 1. The number of aryl methyl sites for hydroxylation is 1. The minimum atomic E-state index is -1.41.